The van der Waals surface area contributed by atoms with Gasteiger partial charge in [0.15, 0.2) is 5.82 Å². The van der Waals surface area contributed by atoms with E-state index in [0.29, 0.717) is 11.9 Å². The number of aryl methyl sites for hydroxylation is 1. The Kier molecular flexibility index (Phi) is 3.64. The van der Waals surface area contributed by atoms with Crippen LogP contribution in [0.1, 0.15) is 25.7 Å². The molecule has 1 atom stereocenters. The molecule has 5 heteroatoms. The topological polar surface area (TPSA) is 53.1 Å². The van der Waals surface area contributed by atoms with Crippen LogP contribution in [0.15, 0.2) is 10.7 Å². The highest BCUT2D eigenvalue weighted by molar-refractivity contribution is 9.10. The molecular formula is C10H16BrN3O. The molecule has 0 spiro atoms. The first-order valence-electron chi connectivity index (χ1n) is 5.36. The molecule has 0 aliphatic carbocycles. The van der Waals surface area contributed by atoms with Gasteiger partial charge in [-0.15, -0.1) is 0 Å². The third kappa shape index (κ3) is 2.95. The van der Waals surface area contributed by atoms with Crippen molar-refractivity contribution < 1.29 is 4.74 Å². The summed E-state index contributed by atoms with van der Waals surface area (Å²) < 4.78 is 8.31. The molecule has 2 heterocycles. The van der Waals surface area contributed by atoms with Gasteiger partial charge in [0.25, 0.3) is 0 Å². The van der Waals surface area contributed by atoms with Crippen molar-refractivity contribution in [1.29, 1.82) is 0 Å². The number of nitrogen functional groups attached to an aromatic ring is 1. The molecule has 1 aliphatic rings. The van der Waals surface area contributed by atoms with Crippen LogP contribution in [0.4, 0.5) is 5.82 Å². The number of aromatic nitrogens is 2. The standard InChI is InChI=1S/C10H16BrN3O/c11-9-7-14(13-10(9)12)5-1-3-8-4-2-6-15-8/h7-8H,1-6H2,(H2,12,13). The van der Waals surface area contributed by atoms with Gasteiger partial charge < -0.3 is 10.5 Å². The predicted octanol–water partition coefficient (Wildman–Crippen LogP) is 2.19. The molecule has 0 amide bonds. The molecule has 0 saturated carbocycles. The van der Waals surface area contributed by atoms with Crippen LogP contribution in [-0.2, 0) is 11.3 Å². The minimum absolute atomic E-state index is 0.473. The zero-order chi connectivity index (χ0) is 10.7. The van der Waals surface area contributed by atoms with E-state index in [1.54, 1.807) is 0 Å². The van der Waals surface area contributed by atoms with E-state index in [1.807, 2.05) is 10.9 Å². The Hall–Kier alpha value is -0.550. The second-order valence-corrected chi connectivity index (χ2v) is 4.76. The van der Waals surface area contributed by atoms with Crippen molar-refractivity contribution in [2.24, 2.45) is 0 Å². The zero-order valence-corrected chi connectivity index (χ0v) is 10.2. The molecule has 2 N–H and O–H groups in total. The molecule has 1 aliphatic heterocycles. The first-order valence-corrected chi connectivity index (χ1v) is 6.15. The fourth-order valence-corrected chi connectivity index (χ4v) is 2.20. The number of nitrogens with two attached hydrogens (primary N) is 1. The number of hydrogen-bond donors (Lipinski definition) is 1. The second-order valence-electron chi connectivity index (χ2n) is 3.90. The van der Waals surface area contributed by atoms with E-state index in [0.717, 1.165) is 30.5 Å². The highest BCUT2D eigenvalue weighted by Crippen LogP contribution is 2.19. The summed E-state index contributed by atoms with van der Waals surface area (Å²) in [4.78, 5) is 0. The maximum absolute atomic E-state index is 5.63. The van der Waals surface area contributed by atoms with Gasteiger partial charge in [0.1, 0.15) is 0 Å². The third-order valence-corrected chi connectivity index (χ3v) is 3.29. The highest BCUT2D eigenvalue weighted by Gasteiger charge is 2.14. The van der Waals surface area contributed by atoms with Crippen LogP contribution < -0.4 is 5.73 Å². The van der Waals surface area contributed by atoms with Crippen LogP contribution in [0.2, 0.25) is 0 Å². The Morgan fingerprint density at radius 3 is 3.13 bits per heavy atom. The summed E-state index contributed by atoms with van der Waals surface area (Å²) in [7, 11) is 0. The summed E-state index contributed by atoms with van der Waals surface area (Å²) in [5.74, 6) is 0.562. The largest absolute Gasteiger partial charge is 0.381 e. The molecule has 4 nitrogen and oxygen atoms in total. The maximum atomic E-state index is 5.63. The Balaban J connectivity index is 1.73. The lowest BCUT2D eigenvalue weighted by molar-refractivity contribution is 0.101. The molecule has 1 fully saturated rings. The minimum Gasteiger partial charge on any atom is -0.381 e. The van der Waals surface area contributed by atoms with Crippen LogP contribution in [0.25, 0.3) is 0 Å². The van der Waals surface area contributed by atoms with E-state index in [2.05, 4.69) is 21.0 Å². The lowest BCUT2D eigenvalue weighted by atomic mass is 10.1. The van der Waals surface area contributed by atoms with Crippen molar-refractivity contribution in [2.75, 3.05) is 12.3 Å². The van der Waals surface area contributed by atoms with E-state index >= 15 is 0 Å². The number of halogens is 1. The van der Waals surface area contributed by atoms with E-state index in [4.69, 9.17) is 10.5 Å². The monoisotopic (exact) mass is 273 g/mol. The summed E-state index contributed by atoms with van der Waals surface area (Å²) in [6.45, 7) is 1.85. The van der Waals surface area contributed by atoms with Gasteiger partial charge in [-0.05, 0) is 41.6 Å². The molecule has 84 valence electrons. The van der Waals surface area contributed by atoms with E-state index in [9.17, 15) is 0 Å². The van der Waals surface area contributed by atoms with Crippen molar-refractivity contribution in [3.63, 3.8) is 0 Å². The average molecular weight is 274 g/mol. The molecule has 0 radical (unpaired) electrons. The lowest BCUT2D eigenvalue weighted by Gasteiger charge is -2.08. The Labute approximate surface area is 97.9 Å². The first-order chi connectivity index (χ1) is 7.25. The summed E-state index contributed by atoms with van der Waals surface area (Å²) in [5.41, 5.74) is 5.63. The molecule has 2 rings (SSSR count). The van der Waals surface area contributed by atoms with Gasteiger partial charge in [0, 0.05) is 19.3 Å². The number of anilines is 1. The van der Waals surface area contributed by atoms with Gasteiger partial charge in [-0.3, -0.25) is 4.68 Å². The highest BCUT2D eigenvalue weighted by atomic mass is 79.9. The predicted molar refractivity (Wildman–Crippen MR) is 62.5 cm³/mol. The maximum Gasteiger partial charge on any atom is 0.159 e. The van der Waals surface area contributed by atoms with Crippen molar-refractivity contribution in [1.82, 2.24) is 9.78 Å². The minimum atomic E-state index is 0.473. The van der Waals surface area contributed by atoms with Crippen LogP contribution in [0.3, 0.4) is 0 Å². The molecule has 0 bridgehead atoms. The average Bonchev–Trinajstić information content (AvgIpc) is 2.79. The molecule has 15 heavy (non-hydrogen) atoms. The summed E-state index contributed by atoms with van der Waals surface area (Å²) in [6, 6.07) is 0. The molecule has 1 aromatic rings. The summed E-state index contributed by atoms with van der Waals surface area (Å²) >= 11 is 3.34. The zero-order valence-electron chi connectivity index (χ0n) is 8.66. The van der Waals surface area contributed by atoms with Gasteiger partial charge in [-0.25, -0.2) is 0 Å². The number of nitrogens with zero attached hydrogens (tertiary/aromatic N) is 2. The Bertz CT molecular complexity index is 301. The van der Waals surface area contributed by atoms with E-state index in [1.165, 1.54) is 12.8 Å². The molecule has 1 saturated heterocycles. The Morgan fingerprint density at radius 1 is 1.67 bits per heavy atom. The Morgan fingerprint density at radius 2 is 2.53 bits per heavy atom. The third-order valence-electron chi connectivity index (χ3n) is 2.68. The van der Waals surface area contributed by atoms with Crippen LogP contribution in [0, 0.1) is 0 Å². The van der Waals surface area contributed by atoms with Crippen molar-refractivity contribution >= 4 is 21.7 Å². The fraction of sp³-hybridized carbons (Fsp3) is 0.700. The number of rotatable bonds is 4. The van der Waals surface area contributed by atoms with Crippen molar-refractivity contribution in [2.45, 2.75) is 38.3 Å². The molecule has 1 aromatic heterocycles. The molecule has 1 unspecified atom stereocenters. The van der Waals surface area contributed by atoms with Gasteiger partial charge in [-0.1, -0.05) is 0 Å². The van der Waals surface area contributed by atoms with Crippen molar-refractivity contribution in [3.8, 4) is 0 Å². The number of hydrogen-bond acceptors (Lipinski definition) is 3. The first kappa shape index (κ1) is 11.0. The van der Waals surface area contributed by atoms with Crippen LogP contribution in [0.5, 0.6) is 0 Å². The second kappa shape index (κ2) is 4.99. The van der Waals surface area contributed by atoms with Gasteiger partial charge in [-0.2, -0.15) is 5.10 Å². The van der Waals surface area contributed by atoms with Gasteiger partial charge in [0.2, 0.25) is 0 Å². The molecular weight excluding hydrogens is 258 g/mol. The van der Waals surface area contributed by atoms with E-state index in [-0.39, 0.29) is 0 Å². The SMILES string of the molecule is Nc1nn(CCCC2CCCO2)cc1Br. The van der Waals surface area contributed by atoms with Crippen LogP contribution >= 0.6 is 15.9 Å². The summed E-state index contributed by atoms with van der Waals surface area (Å²) in [6.07, 6.45) is 7.04. The lowest BCUT2D eigenvalue weighted by Crippen LogP contribution is -2.07. The number of ether oxygens (including phenoxy) is 1. The van der Waals surface area contributed by atoms with Crippen molar-refractivity contribution in [3.05, 3.63) is 10.7 Å². The van der Waals surface area contributed by atoms with Crippen LogP contribution in [-0.4, -0.2) is 22.5 Å². The quantitative estimate of drug-likeness (QED) is 0.915. The van der Waals surface area contributed by atoms with Gasteiger partial charge in [0.05, 0.1) is 10.6 Å². The molecule has 0 aromatic carbocycles. The smallest absolute Gasteiger partial charge is 0.159 e. The normalized spacial score (nSPS) is 21.0. The van der Waals surface area contributed by atoms with E-state index < -0.39 is 0 Å². The fourth-order valence-electron chi connectivity index (χ4n) is 1.88. The summed E-state index contributed by atoms with van der Waals surface area (Å²) in [5, 5.41) is 4.18. The van der Waals surface area contributed by atoms with Gasteiger partial charge >= 0.3 is 0 Å².